The third-order valence-electron chi connectivity index (χ3n) is 3.18. The van der Waals surface area contributed by atoms with E-state index in [9.17, 15) is 9.59 Å². The van der Waals surface area contributed by atoms with Gasteiger partial charge in [-0.05, 0) is 5.56 Å². The van der Waals surface area contributed by atoms with Crippen LogP contribution in [-0.4, -0.2) is 34.3 Å². The third-order valence-corrected chi connectivity index (χ3v) is 4.43. The van der Waals surface area contributed by atoms with E-state index in [-0.39, 0.29) is 18.2 Å². The zero-order chi connectivity index (χ0) is 14.9. The SMILES string of the molecule is O=C1CC(=O)N2C(c3ccccc3)=CSC2(OCCS)N1. The number of hydrogen-bond donors (Lipinski definition) is 2. The van der Waals surface area contributed by atoms with Crippen molar-refractivity contribution in [3.05, 3.63) is 41.3 Å². The van der Waals surface area contributed by atoms with Gasteiger partial charge in [-0.15, -0.1) is 0 Å². The fraction of sp³-hybridized carbons (Fsp3) is 0.286. The third kappa shape index (κ3) is 2.56. The molecule has 7 heteroatoms. The Morgan fingerprint density at radius 2 is 2.10 bits per heavy atom. The van der Waals surface area contributed by atoms with Crippen molar-refractivity contribution in [1.82, 2.24) is 10.2 Å². The van der Waals surface area contributed by atoms with Crippen molar-refractivity contribution in [1.29, 1.82) is 0 Å². The second kappa shape index (κ2) is 5.75. The molecule has 1 atom stereocenters. The molecular weight excluding hydrogens is 308 g/mol. The van der Waals surface area contributed by atoms with E-state index >= 15 is 0 Å². The lowest BCUT2D eigenvalue weighted by Gasteiger charge is -2.41. The van der Waals surface area contributed by atoms with Gasteiger partial charge in [0.2, 0.25) is 11.8 Å². The number of thiol groups is 1. The van der Waals surface area contributed by atoms with E-state index in [0.717, 1.165) is 11.3 Å². The summed E-state index contributed by atoms with van der Waals surface area (Å²) in [4.78, 5) is 25.6. The monoisotopic (exact) mass is 322 g/mol. The first kappa shape index (κ1) is 14.5. The maximum Gasteiger partial charge on any atom is 0.284 e. The smallest absolute Gasteiger partial charge is 0.284 e. The normalized spacial score (nSPS) is 24.6. The number of hydrogen-bond acceptors (Lipinski definition) is 5. The fourth-order valence-corrected chi connectivity index (χ4v) is 3.58. The number of amides is 2. The first-order valence-electron chi connectivity index (χ1n) is 6.48. The van der Waals surface area contributed by atoms with Crippen molar-refractivity contribution >= 4 is 41.9 Å². The molecule has 5 nitrogen and oxygen atoms in total. The van der Waals surface area contributed by atoms with Crippen LogP contribution in [0.15, 0.2) is 35.7 Å². The minimum atomic E-state index is -1.18. The van der Waals surface area contributed by atoms with E-state index in [4.69, 9.17) is 4.74 Å². The Balaban J connectivity index is 1.96. The molecule has 1 N–H and O–H groups in total. The predicted molar refractivity (Wildman–Crippen MR) is 84.2 cm³/mol. The van der Waals surface area contributed by atoms with Crippen LogP contribution in [0.4, 0.5) is 0 Å². The fourth-order valence-electron chi connectivity index (χ4n) is 2.35. The van der Waals surface area contributed by atoms with Crippen molar-refractivity contribution < 1.29 is 14.3 Å². The van der Waals surface area contributed by atoms with Crippen LogP contribution in [0.3, 0.4) is 0 Å². The highest BCUT2D eigenvalue weighted by Crippen LogP contribution is 2.45. The van der Waals surface area contributed by atoms with E-state index in [1.807, 2.05) is 35.7 Å². The van der Waals surface area contributed by atoms with Gasteiger partial charge in [0.25, 0.3) is 5.18 Å². The zero-order valence-electron chi connectivity index (χ0n) is 11.1. The van der Waals surface area contributed by atoms with E-state index in [1.165, 1.54) is 16.7 Å². The number of thioether (sulfide) groups is 1. The highest BCUT2D eigenvalue weighted by Gasteiger charge is 2.52. The molecule has 0 aromatic heterocycles. The first-order valence-corrected chi connectivity index (χ1v) is 8.00. The van der Waals surface area contributed by atoms with E-state index in [0.29, 0.717) is 12.4 Å². The zero-order valence-corrected chi connectivity index (χ0v) is 12.8. The van der Waals surface area contributed by atoms with Gasteiger partial charge in [0.1, 0.15) is 6.42 Å². The molecule has 0 saturated carbocycles. The molecule has 2 heterocycles. The van der Waals surface area contributed by atoms with E-state index in [1.54, 1.807) is 0 Å². The molecule has 0 aliphatic carbocycles. The van der Waals surface area contributed by atoms with Crippen LogP contribution in [0.1, 0.15) is 12.0 Å². The molecule has 2 aliphatic rings. The summed E-state index contributed by atoms with van der Waals surface area (Å²) < 4.78 is 5.74. The second-order valence-electron chi connectivity index (χ2n) is 4.59. The topological polar surface area (TPSA) is 58.6 Å². The number of rotatable bonds is 4. The Morgan fingerprint density at radius 3 is 2.81 bits per heavy atom. The van der Waals surface area contributed by atoms with Crippen LogP contribution in [-0.2, 0) is 14.3 Å². The summed E-state index contributed by atoms with van der Waals surface area (Å²) in [5.41, 5.74) is 1.65. The molecule has 2 aliphatic heterocycles. The van der Waals surface area contributed by atoms with Crippen LogP contribution in [0, 0.1) is 0 Å². The van der Waals surface area contributed by atoms with Gasteiger partial charge < -0.3 is 10.1 Å². The summed E-state index contributed by atoms with van der Waals surface area (Å²) in [7, 11) is 0. The van der Waals surface area contributed by atoms with Gasteiger partial charge >= 0.3 is 0 Å². The molecular formula is C14H14N2O3S2. The Hall–Kier alpha value is -1.44. The van der Waals surface area contributed by atoms with Crippen molar-refractivity contribution in [3.8, 4) is 0 Å². The summed E-state index contributed by atoms with van der Waals surface area (Å²) in [5, 5.41) is 3.44. The molecule has 1 aromatic rings. The van der Waals surface area contributed by atoms with Gasteiger partial charge in [-0.3, -0.25) is 14.5 Å². The lowest BCUT2D eigenvalue weighted by atomic mass is 10.1. The van der Waals surface area contributed by atoms with Crippen LogP contribution in [0.5, 0.6) is 0 Å². The van der Waals surface area contributed by atoms with Crippen LogP contribution in [0.2, 0.25) is 0 Å². The molecule has 21 heavy (non-hydrogen) atoms. The molecule has 1 fully saturated rings. The number of nitrogens with zero attached hydrogens (tertiary/aromatic N) is 1. The Bertz CT molecular complexity index is 605. The quantitative estimate of drug-likeness (QED) is 0.653. The maximum absolute atomic E-state index is 12.4. The summed E-state index contributed by atoms with van der Waals surface area (Å²) in [6.45, 7) is 0.329. The standard InChI is InChI=1S/C14H14N2O3S2/c17-12-8-13(18)16-11(10-4-2-1-3-5-10)9-21-14(16,15-12)19-6-7-20/h1-5,9,20H,6-8H2,(H,15,17). The molecule has 1 saturated heterocycles. The molecule has 1 unspecified atom stereocenters. The van der Waals surface area contributed by atoms with Crippen molar-refractivity contribution in [2.24, 2.45) is 0 Å². The molecule has 0 bridgehead atoms. The van der Waals surface area contributed by atoms with Crippen molar-refractivity contribution in [2.45, 2.75) is 11.6 Å². The highest BCUT2D eigenvalue weighted by molar-refractivity contribution is 8.03. The average molecular weight is 322 g/mol. The molecule has 0 spiro atoms. The number of benzene rings is 1. The van der Waals surface area contributed by atoms with Crippen LogP contribution < -0.4 is 5.32 Å². The summed E-state index contributed by atoms with van der Waals surface area (Å²) in [6, 6.07) is 9.57. The second-order valence-corrected chi connectivity index (χ2v) is 6.07. The minimum Gasteiger partial charge on any atom is -0.328 e. The number of carbonyl (C=O) groups excluding carboxylic acids is 2. The molecule has 3 rings (SSSR count). The Labute approximate surface area is 132 Å². The van der Waals surface area contributed by atoms with Crippen LogP contribution in [0.25, 0.3) is 5.70 Å². The Morgan fingerprint density at radius 1 is 1.33 bits per heavy atom. The first-order chi connectivity index (χ1) is 10.2. The number of ether oxygens (including phenoxy) is 1. The van der Waals surface area contributed by atoms with Crippen LogP contribution >= 0.6 is 24.4 Å². The summed E-state index contributed by atoms with van der Waals surface area (Å²) >= 11 is 5.40. The van der Waals surface area contributed by atoms with Crippen molar-refractivity contribution in [3.63, 3.8) is 0 Å². The van der Waals surface area contributed by atoms with E-state index in [2.05, 4.69) is 17.9 Å². The minimum absolute atomic E-state index is 0.170. The number of fused-ring (bicyclic) bond motifs is 1. The maximum atomic E-state index is 12.4. The lowest BCUT2D eigenvalue weighted by molar-refractivity contribution is -0.161. The van der Waals surface area contributed by atoms with Gasteiger partial charge in [-0.2, -0.15) is 12.6 Å². The Kier molecular flexibility index (Phi) is 3.97. The van der Waals surface area contributed by atoms with Gasteiger partial charge in [0.15, 0.2) is 0 Å². The predicted octanol–water partition coefficient (Wildman–Crippen LogP) is 1.64. The average Bonchev–Trinajstić information content (AvgIpc) is 2.86. The largest absolute Gasteiger partial charge is 0.328 e. The van der Waals surface area contributed by atoms with Gasteiger partial charge in [-0.25, -0.2) is 0 Å². The lowest BCUT2D eigenvalue weighted by Crippen LogP contribution is -2.63. The highest BCUT2D eigenvalue weighted by atomic mass is 32.2. The number of carbonyl (C=O) groups is 2. The van der Waals surface area contributed by atoms with Crippen molar-refractivity contribution in [2.75, 3.05) is 12.4 Å². The summed E-state index contributed by atoms with van der Waals surface area (Å²) in [6.07, 6.45) is -0.170. The van der Waals surface area contributed by atoms with Gasteiger partial charge in [0, 0.05) is 11.2 Å². The molecule has 2 amide bonds. The molecule has 110 valence electrons. The van der Waals surface area contributed by atoms with Gasteiger partial charge in [-0.1, -0.05) is 42.1 Å². The number of nitrogens with one attached hydrogen (secondary N) is 1. The van der Waals surface area contributed by atoms with Gasteiger partial charge in [0.05, 0.1) is 12.3 Å². The van der Waals surface area contributed by atoms with E-state index < -0.39 is 5.18 Å². The summed E-state index contributed by atoms with van der Waals surface area (Å²) in [5.74, 6) is -0.0930. The molecule has 1 aromatic carbocycles. The molecule has 0 radical (unpaired) electrons.